The second-order valence-electron chi connectivity index (χ2n) is 17.6. The fourth-order valence-corrected chi connectivity index (χ4v) is 8.40. The van der Waals surface area contributed by atoms with Gasteiger partial charge < -0.3 is 21.5 Å². The minimum atomic E-state index is 0. The van der Waals surface area contributed by atoms with Crippen LogP contribution in [0.1, 0.15) is 290 Å². The van der Waals surface area contributed by atoms with Crippen LogP contribution in [0.4, 0.5) is 0 Å². The van der Waals surface area contributed by atoms with Crippen LogP contribution >= 0.6 is 0 Å². The van der Waals surface area contributed by atoms with Crippen molar-refractivity contribution in [1.29, 1.82) is 0 Å². The van der Waals surface area contributed by atoms with Crippen molar-refractivity contribution in [2.45, 2.75) is 290 Å². The fraction of sp³-hybridized carbons (Fsp3) is 1.00. The first kappa shape index (κ1) is 53.5. The highest BCUT2D eigenvalue weighted by atomic mass is 79.9. The molecule has 310 valence electrons. The zero-order valence-corrected chi connectivity index (χ0v) is 38.2. The molecule has 0 N–H and O–H groups in total. The highest BCUT2D eigenvalue weighted by Gasteiger charge is 2.20. The molecule has 0 fully saturated rings. The van der Waals surface area contributed by atoms with Gasteiger partial charge in [-0.15, -0.1) is 0 Å². The summed E-state index contributed by atoms with van der Waals surface area (Å²) in [5.74, 6) is 0. The molecule has 0 aromatic carbocycles. The highest BCUT2D eigenvalue weighted by molar-refractivity contribution is 4.54. The van der Waals surface area contributed by atoms with Gasteiger partial charge in [-0.1, -0.05) is 252 Å². The van der Waals surface area contributed by atoms with Crippen LogP contribution in [0, 0.1) is 0 Å². The van der Waals surface area contributed by atoms with Crippen LogP contribution in [-0.2, 0) is 0 Å². The Labute approximate surface area is 337 Å². The summed E-state index contributed by atoms with van der Waals surface area (Å²) in [6, 6.07) is 0. The highest BCUT2D eigenvalue weighted by Crippen LogP contribution is 2.19. The summed E-state index contributed by atoms with van der Waals surface area (Å²) >= 11 is 0. The van der Waals surface area contributed by atoms with Crippen LogP contribution in [0.15, 0.2) is 0 Å². The molecule has 0 amide bonds. The molecule has 0 radical (unpaired) electrons. The number of hydrogen-bond donors (Lipinski definition) is 0. The van der Waals surface area contributed by atoms with Crippen LogP contribution < -0.4 is 17.0 Å². The minimum Gasteiger partial charge on any atom is -1.00 e. The van der Waals surface area contributed by atoms with Crippen molar-refractivity contribution < 1.29 is 21.5 Å². The first-order chi connectivity index (χ1) is 24.7. The second kappa shape index (κ2) is 46.6. The SMILES string of the molecule is CCCCCCCCCCCCCCCC[N+](C)(CCCCCCCCCCCCCCCC)CCCCCCCCCCCCCCCC.[Br-]. The fourth-order valence-electron chi connectivity index (χ4n) is 8.40. The van der Waals surface area contributed by atoms with Crippen molar-refractivity contribution in [3.05, 3.63) is 0 Å². The number of unbranched alkanes of at least 4 members (excludes halogenated alkanes) is 39. The summed E-state index contributed by atoms with van der Waals surface area (Å²) in [5, 5.41) is 0. The lowest BCUT2D eigenvalue weighted by Gasteiger charge is -2.35. The molecule has 0 aromatic rings. The summed E-state index contributed by atoms with van der Waals surface area (Å²) in [7, 11) is 2.63. The number of rotatable bonds is 45. The van der Waals surface area contributed by atoms with E-state index in [1.807, 2.05) is 0 Å². The zero-order valence-electron chi connectivity index (χ0n) is 36.6. The van der Waals surface area contributed by atoms with Gasteiger partial charge in [0.2, 0.25) is 0 Å². The topological polar surface area (TPSA) is 0 Å². The Balaban J connectivity index is 0. The molecule has 0 rings (SSSR count). The van der Waals surface area contributed by atoms with E-state index in [2.05, 4.69) is 27.8 Å². The standard InChI is InChI=1S/C49H102N.BrH/c1-5-8-11-14-17-20-23-26-29-32-35-38-41-44-47-50(4,48-45-42-39-36-33-30-27-24-21-18-15-12-9-6-2)49-46-43-40-37-34-31-28-25-22-19-16-13-10-7-3;/h5-49H2,1-4H3;1H/q+1;/p-1. The molecule has 51 heavy (non-hydrogen) atoms. The predicted octanol–water partition coefficient (Wildman–Crippen LogP) is 14.9. The van der Waals surface area contributed by atoms with Gasteiger partial charge in [-0.3, -0.25) is 0 Å². The number of quaternary nitrogens is 1. The van der Waals surface area contributed by atoms with Crippen molar-refractivity contribution in [2.75, 3.05) is 26.7 Å². The lowest BCUT2D eigenvalue weighted by Crippen LogP contribution is -3.00. The molecule has 0 saturated carbocycles. The van der Waals surface area contributed by atoms with Crippen LogP contribution in [-0.4, -0.2) is 31.2 Å². The predicted molar refractivity (Wildman–Crippen MR) is 232 cm³/mol. The average Bonchev–Trinajstić information content (AvgIpc) is 3.12. The molecule has 0 aromatic heterocycles. The third-order valence-corrected chi connectivity index (χ3v) is 12.2. The van der Waals surface area contributed by atoms with Crippen molar-refractivity contribution in [3.63, 3.8) is 0 Å². The molecule has 0 atom stereocenters. The number of halogens is 1. The number of nitrogens with zero attached hydrogens (tertiary/aromatic N) is 1. The average molecular weight is 785 g/mol. The Morgan fingerprint density at radius 3 is 0.451 bits per heavy atom. The maximum atomic E-state index is 2.63. The summed E-state index contributed by atoms with van der Waals surface area (Å²) < 4.78 is 1.37. The Kier molecular flexibility index (Phi) is 48.9. The molecule has 2 heteroatoms. The van der Waals surface area contributed by atoms with Crippen LogP contribution in [0.2, 0.25) is 0 Å². The van der Waals surface area contributed by atoms with Gasteiger partial charge in [0.25, 0.3) is 0 Å². The molecule has 0 heterocycles. The van der Waals surface area contributed by atoms with E-state index in [1.54, 1.807) is 0 Å². The second-order valence-corrected chi connectivity index (χ2v) is 17.6. The van der Waals surface area contributed by atoms with Crippen molar-refractivity contribution in [2.24, 2.45) is 0 Å². The summed E-state index contributed by atoms with van der Waals surface area (Å²) in [6.07, 6.45) is 61.7. The third-order valence-electron chi connectivity index (χ3n) is 12.2. The summed E-state index contributed by atoms with van der Waals surface area (Å²) in [5.41, 5.74) is 0. The molecular formula is C49H102BrN. The van der Waals surface area contributed by atoms with Gasteiger partial charge in [0.15, 0.2) is 0 Å². The van der Waals surface area contributed by atoms with Crippen LogP contribution in [0.5, 0.6) is 0 Å². The van der Waals surface area contributed by atoms with Crippen LogP contribution in [0.3, 0.4) is 0 Å². The van der Waals surface area contributed by atoms with E-state index < -0.39 is 0 Å². The summed E-state index contributed by atoms with van der Waals surface area (Å²) in [6.45, 7) is 11.3. The third kappa shape index (κ3) is 44.7. The van der Waals surface area contributed by atoms with Gasteiger partial charge in [-0.2, -0.15) is 0 Å². The van der Waals surface area contributed by atoms with E-state index >= 15 is 0 Å². The normalized spacial score (nSPS) is 11.8. The van der Waals surface area contributed by atoms with Crippen molar-refractivity contribution >= 4 is 0 Å². The minimum absolute atomic E-state index is 0. The first-order valence-corrected chi connectivity index (χ1v) is 24.5. The van der Waals surface area contributed by atoms with Crippen molar-refractivity contribution in [1.82, 2.24) is 0 Å². The van der Waals surface area contributed by atoms with E-state index in [4.69, 9.17) is 0 Å². The lowest BCUT2D eigenvalue weighted by molar-refractivity contribution is -0.910. The molecule has 0 unspecified atom stereocenters. The van der Waals surface area contributed by atoms with E-state index in [0.29, 0.717) is 0 Å². The molecular weight excluding hydrogens is 682 g/mol. The van der Waals surface area contributed by atoms with Crippen LogP contribution in [0.25, 0.3) is 0 Å². The zero-order chi connectivity index (χ0) is 36.3. The molecule has 0 spiro atoms. The first-order valence-electron chi connectivity index (χ1n) is 24.5. The Bertz CT molecular complexity index is 512. The Morgan fingerprint density at radius 2 is 0.314 bits per heavy atom. The van der Waals surface area contributed by atoms with Crippen molar-refractivity contribution in [3.8, 4) is 0 Å². The van der Waals surface area contributed by atoms with Gasteiger partial charge >= 0.3 is 0 Å². The molecule has 1 nitrogen and oxygen atoms in total. The van der Waals surface area contributed by atoms with E-state index in [9.17, 15) is 0 Å². The van der Waals surface area contributed by atoms with Gasteiger partial charge in [0.1, 0.15) is 0 Å². The largest absolute Gasteiger partial charge is 1.00 e. The quantitative estimate of drug-likeness (QED) is 0.0426. The maximum Gasteiger partial charge on any atom is 0.0784 e. The van der Waals surface area contributed by atoms with Gasteiger partial charge in [0.05, 0.1) is 26.7 Å². The molecule has 0 aliphatic heterocycles. The molecule has 0 aliphatic rings. The smallest absolute Gasteiger partial charge is 0.0784 e. The van der Waals surface area contributed by atoms with E-state index in [1.165, 1.54) is 294 Å². The molecule has 0 saturated heterocycles. The maximum absolute atomic E-state index is 2.63. The Morgan fingerprint density at radius 1 is 0.196 bits per heavy atom. The summed E-state index contributed by atoms with van der Waals surface area (Å²) in [4.78, 5) is 0. The number of hydrogen-bond acceptors (Lipinski definition) is 0. The van der Waals surface area contributed by atoms with E-state index in [-0.39, 0.29) is 17.0 Å². The van der Waals surface area contributed by atoms with Gasteiger partial charge in [-0.25, -0.2) is 0 Å². The Hall–Kier alpha value is 0.440. The monoisotopic (exact) mass is 784 g/mol. The molecule has 0 aliphatic carbocycles. The molecule has 0 bridgehead atoms. The lowest BCUT2D eigenvalue weighted by atomic mass is 10.0. The van der Waals surface area contributed by atoms with E-state index in [0.717, 1.165) is 0 Å². The van der Waals surface area contributed by atoms with Gasteiger partial charge in [-0.05, 0) is 38.5 Å². The van der Waals surface area contributed by atoms with Gasteiger partial charge in [0, 0.05) is 0 Å².